The molecular formula is C9H10BrNO3. The molecule has 0 unspecified atom stereocenters. The summed E-state index contributed by atoms with van der Waals surface area (Å²) in [5.74, 6) is -1.11. The molecule has 5 heteroatoms. The van der Waals surface area contributed by atoms with Crippen molar-refractivity contribution in [2.45, 2.75) is 12.6 Å². The maximum atomic E-state index is 10.7. The van der Waals surface area contributed by atoms with Crippen molar-refractivity contribution < 1.29 is 15.0 Å². The highest BCUT2D eigenvalue weighted by Gasteiger charge is 2.17. The molecule has 76 valence electrons. The van der Waals surface area contributed by atoms with Crippen molar-refractivity contribution in [3.63, 3.8) is 0 Å². The highest BCUT2D eigenvalue weighted by molar-refractivity contribution is 9.10. The lowest BCUT2D eigenvalue weighted by Gasteiger charge is -2.11. The number of rotatable bonds is 3. The number of hydrogen-bond donors (Lipinski definition) is 3. The Balaban J connectivity index is 3.16. The summed E-state index contributed by atoms with van der Waals surface area (Å²) in [5.41, 5.74) is 6.41. The number of carboxylic acids is 1. The Morgan fingerprint density at radius 3 is 2.71 bits per heavy atom. The van der Waals surface area contributed by atoms with Gasteiger partial charge >= 0.3 is 5.97 Å². The van der Waals surface area contributed by atoms with Crippen LogP contribution in [0.25, 0.3) is 0 Å². The minimum atomic E-state index is -1.11. The fourth-order valence-corrected chi connectivity index (χ4v) is 1.51. The van der Waals surface area contributed by atoms with Gasteiger partial charge in [0.15, 0.2) is 0 Å². The van der Waals surface area contributed by atoms with Crippen molar-refractivity contribution in [3.05, 3.63) is 33.8 Å². The standard InChI is InChI=1S/C9H10BrNO3/c10-6-2-1-5(4-12)7(3-6)8(11)9(13)14/h1-3,8,12H,4,11H2,(H,13,14)/t8-/m1/s1. The molecule has 0 amide bonds. The molecule has 0 aliphatic heterocycles. The molecule has 1 aromatic rings. The zero-order valence-corrected chi connectivity index (χ0v) is 8.86. The van der Waals surface area contributed by atoms with Gasteiger partial charge in [0, 0.05) is 4.47 Å². The monoisotopic (exact) mass is 259 g/mol. The molecule has 14 heavy (non-hydrogen) atoms. The summed E-state index contributed by atoms with van der Waals surface area (Å²) in [7, 11) is 0. The molecule has 0 heterocycles. The fraction of sp³-hybridized carbons (Fsp3) is 0.222. The first-order valence-electron chi connectivity index (χ1n) is 3.94. The van der Waals surface area contributed by atoms with E-state index in [1.807, 2.05) is 0 Å². The maximum Gasteiger partial charge on any atom is 0.325 e. The van der Waals surface area contributed by atoms with Crippen LogP contribution in [0.4, 0.5) is 0 Å². The molecule has 0 aliphatic rings. The number of hydrogen-bond acceptors (Lipinski definition) is 3. The van der Waals surface area contributed by atoms with E-state index in [1.165, 1.54) is 0 Å². The Morgan fingerprint density at radius 1 is 1.57 bits per heavy atom. The number of nitrogens with two attached hydrogens (primary N) is 1. The molecule has 4 nitrogen and oxygen atoms in total. The van der Waals surface area contributed by atoms with Crippen LogP contribution >= 0.6 is 15.9 Å². The van der Waals surface area contributed by atoms with Crippen molar-refractivity contribution in [1.29, 1.82) is 0 Å². The van der Waals surface area contributed by atoms with E-state index in [9.17, 15) is 4.79 Å². The Morgan fingerprint density at radius 2 is 2.21 bits per heavy atom. The quantitative estimate of drug-likeness (QED) is 0.757. The topological polar surface area (TPSA) is 83.6 Å². The molecule has 0 aromatic heterocycles. The molecule has 0 spiro atoms. The third-order valence-electron chi connectivity index (χ3n) is 1.88. The Labute approximate surface area is 89.5 Å². The minimum absolute atomic E-state index is 0.219. The minimum Gasteiger partial charge on any atom is -0.480 e. The van der Waals surface area contributed by atoms with E-state index < -0.39 is 12.0 Å². The van der Waals surface area contributed by atoms with Gasteiger partial charge in [-0.25, -0.2) is 0 Å². The summed E-state index contributed by atoms with van der Waals surface area (Å²) >= 11 is 3.21. The molecule has 0 saturated heterocycles. The lowest BCUT2D eigenvalue weighted by atomic mass is 10.0. The second-order valence-corrected chi connectivity index (χ2v) is 3.73. The van der Waals surface area contributed by atoms with E-state index in [-0.39, 0.29) is 6.61 Å². The predicted molar refractivity (Wildman–Crippen MR) is 54.6 cm³/mol. The number of aliphatic hydroxyl groups excluding tert-OH is 1. The Hall–Kier alpha value is -0.910. The van der Waals surface area contributed by atoms with Gasteiger partial charge in [-0.15, -0.1) is 0 Å². The first kappa shape index (κ1) is 11.2. The zero-order chi connectivity index (χ0) is 10.7. The fourth-order valence-electron chi connectivity index (χ4n) is 1.13. The second kappa shape index (κ2) is 4.54. The van der Waals surface area contributed by atoms with Crippen LogP contribution in [-0.2, 0) is 11.4 Å². The third kappa shape index (κ3) is 2.31. The Bertz CT molecular complexity index is 354. The lowest BCUT2D eigenvalue weighted by Crippen LogP contribution is -2.22. The van der Waals surface area contributed by atoms with Crippen molar-refractivity contribution >= 4 is 21.9 Å². The third-order valence-corrected chi connectivity index (χ3v) is 2.37. The van der Waals surface area contributed by atoms with Crippen molar-refractivity contribution in [3.8, 4) is 0 Å². The highest BCUT2D eigenvalue weighted by atomic mass is 79.9. The molecule has 1 rings (SSSR count). The molecule has 0 saturated carbocycles. The second-order valence-electron chi connectivity index (χ2n) is 2.82. The van der Waals surface area contributed by atoms with Gasteiger partial charge in [-0.1, -0.05) is 22.0 Å². The number of carboxylic acid groups (broad SMARTS) is 1. The summed E-state index contributed by atoms with van der Waals surface area (Å²) in [6.45, 7) is -0.219. The molecular weight excluding hydrogens is 250 g/mol. The van der Waals surface area contributed by atoms with Crippen LogP contribution in [0.15, 0.2) is 22.7 Å². The van der Waals surface area contributed by atoms with E-state index in [0.29, 0.717) is 11.1 Å². The lowest BCUT2D eigenvalue weighted by molar-refractivity contribution is -0.138. The number of aliphatic hydroxyl groups is 1. The van der Waals surface area contributed by atoms with Crippen LogP contribution < -0.4 is 5.73 Å². The van der Waals surface area contributed by atoms with E-state index in [0.717, 1.165) is 4.47 Å². The number of halogens is 1. The van der Waals surface area contributed by atoms with E-state index in [1.54, 1.807) is 18.2 Å². The zero-order valence-electron chi connectivity index (χ0n) is 7.27. The average molecular weight is 260 g/mol. The van der Waals surface area contributed by atoms with Gasteiger partial charge in [0.25, 0.3) is 0 Å². The van der Waals surface area contributed by atoms with Gasteiger partial charge in [0.05, 0.1) is 6.61 Å². The maximum absolute atomic E-state index is 10.7. The van der Waals surface area contributed by atoms with Gasteiger partial charge in [0.1, 0.15) is 6.04 Å². The smallest absolute Gasteiger partial charge is 0.325 e. The van der Waals surface area contributed by atoms with Crippen LogP contribution in [0.3, 0.4) is 0 Å². The number of carbonyl (C=O) groups is 1. The molecule has 1 aromatic carbocycles. The van der Waals surface area contributed by atoms with Gasteiger partial charge in [-0.2, -0.15) is 0 Å². The van der Waals surface area contributed by atoms with Gasteiger partial charge in [0.2, 0.25) is 0 Å². The molecule has 0 bridgehead atoms. The van der Waals surface area contributed by atoms with Gasteiger partial charge < -0.3 is 15.9 Å². The molecule has 0 aliphatic carbocycles. The Kier molecular flexibility index (Phi) is 3.62. The largest absolute Gasteiger partial charge is 0.480 e. The molecule has 1 atom stereocenters. The number of aliphatic carboxylic acids is 1. The molecule has 4 N–H and O–H groups in total. The summed E-state index contributed by atoms with van der Waals surface area (Å²) in [5, 5.41) is 17.7. The van der Waals surface area contributed by atoms with Crippen molar-refractivity contribution in [1.82, 2.24) is 0 Å². The van der Waals surface area contributed by atoms with E-state index in [2.05, 4.69) is 15.9 Å². The van der Waals surface area contributed by atoms with E-state index in [4.69, 9.17) is 15.9 Å². The summed E-state index contributed by atoms with van der Waals surface area (Å²) < 4.78 is 0.737. The predicted octanol–water partition coefficient (Wildman–Crippen LogP) is 1.03. The number of benzene rings is 1. The van der Waals surface area contributed by atoms with Gasteiger partial charge in [-0.3, -0.25) is 4.79 Å². The molecule has 0 fully saturated rings. The van der Waals surface area contributed by atoms with Crippen LogP contribution in [0.1, 0.15) is 17.2 Å². The van der Waals surface area contributed by atoms with Crippen LogP contribution in [0.2, 0.25) is 0 Å². The molecule has 0 radical (unpaired) electrons. The normalized spacial score (nSPS) is 12.5. The average Bonchev–Trinajstić information content (AvgIpc) is 2.16. The van der Waals surface area contributed by atoms with Crippen LogP contribution in [0.5, 0.6) is 0 Å². The van der Waals surface area contributed by atoms with E-state index >= 15 is 0 Å². The van der Waals surface area contributed by atoms with Crippen LogP contribution in [-0.4, -0.2) is 16.2 Å². The SMILES string of the molecule is N[C@@H](C(=O)O)c1cc(Br)ccc1CO. The first-order chi connectivity index (χ1) is 6.56. The van der Waals surface area contributed by atoms with Gasteiger partial charge in [-0.05, 0) is 23.3 Å². The summed E-state index contributed by atoms with van der Waals surface area (Å²) in [4.78, 5) is 10.7. The van der Waals surface area contributed by atoms with Crippen molar-refractivity contribution in [2.75, 3.05) is 0 Å². The summed E-state index contributed by atoms with van der Waals surface area (Å²) in [6, 6.07) is 3.87. The van der Waals surface area contributed by atoms with Crippen molar-refractivity contribution in [2.24, 2.45) is 5.73 Å². The summed E-state index contributed by atoms with van der Waals surface area (Å²) in [6.07, 6.45) is 0. The van der Waals surface area contributed by atoms with Crippen LogP contribution in [0, 0.1) is 0 Å². The highest BCUT2D eigenvalue weighted by Crippen LogP contribution is 2.21. The first-order valence-corrected chi connectivity index (χ1v) is 4.73.